The topological polar surface area (TPSA) is 77.0 Å². The summed E-state index contributed by atoms with van der Waals surface area (Å²) in [4.78, 5) is 15.0. The zero-order chi connectivity index (χ0) is 19.8. The highest BCUT2D eigenvalue weighted by atomic mass is 32.2. The van der Waals surface area contributed by atoms with E-state index in [-0.39, 0.29) is 17.8 Å². The lowest BCUT2D eigenvalue weighted by atomic mass is 10.1. The molecule has 0 spiro atoms. The number of nitrogens with zero attached hydrogens (tertiary/aromatic N) is 4. The van der Waals surface area contributed by atoms with Crippen LogP contribution in [0.1, 0.15) is 19.4 Å². The van der Waals surface area contributed by atoms with E-state index in [0.717, 1.165) is 12.1 Å². The summed E-state index contributed by atoms with van der Waals surface area (Å²) in [7, 11) is 0. The highest BCUT2D eigenvalue weighted by Gasteiger charge is 2.34. The predicted molar refractivity (Wildman–Crippen MR) is 108 cm³/mol. The second kappa shape index (κ2) is 7.27. The minimum absolute atomic E-state index is 0.00208. The third kappa shape index (κ3) is 3.24. The first-order valence-corrected chi connectivity index (χ1v) is 9.87. The molecule has 3 aromatic rings. The lowest BCUT2D eigenvalue weighted by molar-refractivity contribution is -0.118. The number of halogens is 1. The number of thioether (sulfide) groups is 1. The molecule has 0 radical (unpaired) electrons. The third-order valence-electron chi connectivity index (χ3n) is 4.82. The molecule has 2 N–H and O–H groups in total. The Morgan fingerprint density at radius 3 is 2.82 bits per heavy atom. The van der Waals surface area contributed by atoms with Gasteiger partial charge in [-0.15, -0.1) is 10.2 Å². The van der Waals surface area contributed by atoms with Crippen LogP contribution >= 0.6 is 11.8 Å². The molecule has 0 saturated carbocycles. The molecule has 2 atom stereocenters. The Morgan fingerprint density at radius 1 is 1.25 bits per heavy atom. The van der Waals surface area contributed by atoms with Crippen LogP contribution in [0.3, 0.4) is 0 Å². The number of para-hydroxylation sites is 1. The van der Waals surface area contributed by atoms with Crippen molar-refractivity contribution >= 4 is 23.4 Å². The van der Waals surface area contributed by atoms with Crippen molar-refractivity contribution in [3.63, 3.8) is 0 Å². The summed E-state index contributed by atoms with van der Waals surface area (Å²) in [5.41, 5.74) is 2.67. The molecular weight excluding hydrogens is 377 g/mol. The monoisotopic (exact) mass is 397 g/mol. The first-order valence-electron chi connectivity index (χ1n) is 8.99. The Kier molecular flexibility index (Phi) is 4.80. The van der Waals surface area contributed by atoms with Crippen molar-refractivity contribution in [2.45, 2.75) is 36.7 Å². The van der Waals surface area contributed by atoms with Gasteiger partial charge in [-0.25, -0.2) is 9.07 Å². The third-order valence-corrected chi connectivity index (χ3v) is 5.87. The van der Waals surface area contributed by atoms with Crippen LogP contribution in [0.15, 0.2) is 53.7 Å². The second-order valence-corrected chi connectivity index (χ2v) is 8.14. The van der Waals surface area contributed by atoms with Crippen LogP contribution in [0.25, 0.3) is 11.4 Å². The Labute approximate surface area is 166 Å². The van der Waals surface area contributed by atoms with Crippen LogP contribution in [0.5, 0.6) is 0 Å². The fraction of sp³-hybridized carbons (Fsp3) is 0.250. The zero-order valence-corrected chi connectivity index (χ0v) is 16.4. The fourth-order valence-corrected chi connectivity index (χ4v) is 4.31. The van der Waals surface area contributed by atoms with E-state index in [0.29, 0.717) is 16.5 Å². The van der Waals surface area contributed by atoms with Gasteiger partial charge in [0, 0.05) is 17.3 Å². The van der Waals surface area contributed by atoms with Gasteiger partial charge in [0.15, 0.2) is 5.82 Å². The van der Waals surface area contributed by atoms with Gasteiger partial charge in [0.25, 0.3) is 0 Å². The molecule has 1 aliphatic rings. The largest absolute Gasteiger partial charge is 0.335 e. The van der Waals surface area contributed by atoms with Gasteiger partial charge in [-0.2, -0.15) is 0 Å². The number of fused-ring (bicyclic) bond motifs is 1. The number of anilines is 1. The average Bonchev–Trinajstić information content (AvgIpc) is 3.20. The molecule has 2 heterocycles. The number of hydrogen-bond donors (Lipinski definition) is 1. The summed E-state index contributed by atoms with van der Waals surface area (Å²) in [6.07, 6.45) is 0.843. The molecule has 2 aromatic carbocycles. The van der Waals surface area contributed by atoms with E-state index < -0.39 is 5.25 Å². The standard InChI is InChI=1S/C20H20FN5OS/c1-12-10-14-6-3-4-9-17(14)25(12)19(27)13(2)28-20-24-23-18(26(20)22)15-7-5-8-16(21)11-15/h3-9,11-13H,10,22H2,1-2H3/t12-,13+/m0/s1. The lowest BCUT2D eigenvalue weighted by Crippen LogP contribution is -2.40. The van der Waals surface area contributed by atoms with Crippen molar-refractivity contribution in [2.24, 2.45) is 0 Å². The Balaban J connectivity index is 1.55. The maximum atomic E-state index is 13.5. The Hall–Kier alpha value is -2.87. The minimum atomic E-state index is -0.402. The molecule has 4 rings (SSSR count). The highest BCUT2D eigenvalue weighted by Crippen LogP contribution is 2.34. The number of nitrogen functional groups attached to an aromatic ring is 1. The molecule has 1 amide bonds. The number of aromatic nitrogens is 3. The van der Waals surface area contributed by atoms with Crippen molar-refractivity contribution in [3.05, 3.63) is 59.9 Å². The molecule has 0 aliphatic carbocycles. The predicted octanol–water partition coefficient (Wildman–Crippen LogP) is 3.26. The summed E-state index contributed by atoms with van der Waals surface area (Å²) in [6, 6.07) is 14.1. The zero-order valence-electron chi connectivity index (χ0n) is 15.5. The van der Waals surface area contributed by atoms with E-state index in [1.54, 1.807) is 12.1 Å². The van der Waals surface area contributed by atoms with Gasteiger partial charge in [-0.3, -0.25) is 4.79 Å². The molecular formula is C20H20FN5OS. The van der Waals surface area contributed by atoms with E-state index in [1.807, 2.05) is 36.9 Å². The number of carbonyl (C=O) groups excluding carboxylic acids is 1. The smallest absolute Gasteiger partial charge is 0.240 e. The summed E-state index contributed by atoms with van der Waals surface area (Å²) < 4.78 is 14.8. The van der Waals surface area contributed by atoms with Crippen LogP contribution in [0.4, 0.5) is 10.1 Å². The molecule has 1 aromatic heterocycles. The Bertz CT molecular complexity index is 1040. The number of carbonyl (C=O) groups is 1. The van der Waals surface area contributed by atoms with Crippen LogP contribution in [0.2, 0.25) is 0 Å². The maximum Gasteiger partial charge on any atom is 0.240 e. The van der Waals surface area contributed by atoms with Gasteiger partial charge in [0.2, 0.25) is 11.1 Å². The van der Waals surface area contributed by atoms with E-state index in [2.05, 4.69) is 16.3 Å². The second-order valence-electron chi connectivity index (χ2n) is 6.84. The molecule has 1 aliphatic heterocycles. The number of amides is 1. The molecule has 0 saturated heterocycles. The number of hydrogen-bond acceptors (Lipinski definition) is 5. The summed E-state index contributed by atoms with van der Waals surface area (Å²) in [5.74, 6) is 6.09. The average molecular weight is 397 g/mol. The number of benzene rings is 2. The normalized spacial score (nSPS) is 16.8. The highest BCUT2D eigenvalue weighted by molar-refractivity contribution is 8.00. The molecule has 0 unspecified atom stereocenters. The van der Waals surface area contributed by atoms with E-state index in [9.17, 15) is 9.18 Å². The van der Waals surface area contributed by atoms with Gasteiger partial charge >= 0.3 is 0 Å². The van der Waals surface area contributed by atoms with Gasteiger partial charge < -0.3 is 10.7 Å². The first-order chi connectivity index (χ1) is 13.5. The fourth-order valence-electron chi connectivity index (χ4n) is 3.49. The maximum absolute atomic E-state index is 13.5. The summed E-state index contributed by atoms with van der Waals surface area (Å²) >= 11 is 1.24. The van der Waals surface area contributed by atoms with Crippen molar-refractivity contribution in [1.29, 1.82) is 0 Å². The quantitative estimate of drug-likeness (QED) is 0.540. The number of rotatable bonds is 4. The van der Waals surface area contributed by atoms with Crippen molar-refractivity contribution in [1.82, 2.24) is 14.9 Å². The minimum Gasteiger partial charge on any atom is -0.335 e. The van der Waals surface area contributed by atoms with Gasteiger partial charge in [-0.05, 0) is 44.0 Å². The molecule has 0 fully saturated rings. The van der Waals surface area contributed by atoms with Crippen LogP contribution in [-0.2, 0) is 11.2 Å². The van der Waals surface area contributed by atoms with Gasteiger partial charge in [0.05, 0.1) is 5.25 Å². The van der Waals surface area contributed by atoms with Gasteiger partial charge in [0.1, 0.15) is 5.82 Å². The van der Waals surface area contributed by atoms with Gasteiger partial charge in [-0.1, -0.05) is 42.1 Å². The molecule has 8 heteroatoms. The number of nitrogens with two attached hydrogens (primary N) is 1. The van der Waals surface area contributed by atoms with E-state index in [4.69, 9.17) is 5.84 Å². The lowest BCUT2D eigenvalue weighted by Gasteiger charge is -2.25. The summed E-state index contributed by atoms with van der Waals surface area (Å²) in [6.45, 7) is 3.87. The first kappa shape index (κ1) is 18.5. The SMILES string of the molecule is C[C@@H](Sc1nnc(-c2cccc(F)c2)n1N)C(=O)N1c2ccccc2C[C@@H]1C. The van der Waals surface area contributed by atoms with Crippen LogP contribution in [-0.4, -0.2) is 32.1 Å². The van der Waals surface area contributed by atoms with Crippen LogP contribution < -0.4 is 10.7 Å². The molecule has 28 heavy (non-hydrogen) atoms. The molecule has 144 valence electrons. The van der Waals surface area contributed by atoms with E-state index in [1.165, 1.54) is 34.1 Å². The van der Waals surface area contributed by atoms with Crippen molar-refractivity contribution < 1.29 is 9.18 Å². The Morgan fingerprint density at radius 2 is 2.04 bits per heavy atom. The van der Waals surface area contributed by atoms with Crippen molar-refractivity contribution in [2.75, 3.05) is 10.7 Å². The molecule has 6 nitrogen and oxygen atoms in total. The van der Waals surface area contributed by atoms with Crippen LogP contribution in [0, 0.1) is 5.82 Å². The van der Waals surface area contributed by atoms with E-state index >= 15 is 0 Å². The van der Waals surface area contributed by atoms with Crippen molar-refractivity contribution in [3.8, 4) is 11.4 Å². The summed E-state index contributed by atoms with van der Waals surface area (Å²) in [5, 5.41) is 8.16. The molecule has 0 bridgehead atoms.